The Morgan fingerprint density at radius 2 is 2.00 bits per heavy atom. The first-order chi connectivity index (χ1) is 7.70. The highest BCUT2D eigenvalue weighted by atomic mass is 16.5. The monoisotopic (exact) mass is 214 g/mol. The summed E-state index contributed by atoms with van der Waals surface area (Å²) >= 11 is 0. The van der Waals surface area contributed by atoms with Crippen LogP contribution in [0.15, 0.2) is 36.4 Å². The molecule has 1 aromatic carbocycles. The van der Waals surface area contributed by atoms with Crippen LogP contribution in [0.4, 0.5) is 5.69 Å². The molecule has 3 nitrogen and oxygen atoms in total. The molecule has 3 heteroatoms. The number of hydrogen-bond acceptors (Lipinski definition) is 3. The summed E-state index contributed by atoms with van der Waals surface area (Å²) in [5.41, 5.74) is 9.60. The van der Waals surface area contributed by atoms with E-state index < -0.39 is 0 Å². The lowest BCUT2D eigenvalue weighted by molar-refractivity contribution is 0.398. The third-order valence-electron chi connectivity index (χ3n) is 2.42. The Morgan fingerprint density at radius 3 is 2.75 bits per heavy atom. The van der Waals surface area contributed by atoms with Crippen LogP contribution >= 0.6 is 0 Å². The van der Waals surface area contributed by atoms with Crippen LogP contribution in [0.1, 0.15) is 5.56 Å². The number of benzene rings is 1. The van der Waals surface area contributed by atoms with Crippen molar-refractivity contribution in [1.82, 2.24) is 4.98 Å². The van der Waals surface area contributed by atoms with E-state index in [4.69, 9.17) is 10.5 Å². The van der Waals surface area contributed by atoms with Gasteiger partial charge in [0.2, 0.25) is 5.88 Å². The van der Waals surface area contributed by atoms with E-state index in [2.05, 4.69) is 4.98 Å². The Morgan fingerprint density at radius 1 is 1.19 bits per heavy atom. The van der Waals surface area contributed by atoms with Crippen molar-refractivity contribution in [1.29, 1.82) is 0 Å². The first-order valence-electron chi connectivity index (χ1n) is 5.08. The maximum atomic E-state index is 5.93. The second-order valence-electron chi connectivity index (χ2n) is 3.66. The molecular formula is C13H14N2O. The smallest absolute Gasteiger partial charge is 0.213 e. The van der Waals surface area contributed by atoms with E-state index in [1.54, 1.807) is 7.11 Å². The maximum absolute atomic E-state index is 5.93. The Bertz CT molecular complexity index is 509. The van der Waals surface area contributed by atoms with Crippen LogP contribution in [0.2, 0.25) is 0 Å². The number of nitrogens with two attached hydrogens (primary N) is 1. The molecule has 0 fully saturated rings. The first-order valence-corrected chi connectivity index (χ1v) is 5.08. The summed E-state index contributed by atoms with van der Waals surface area (Å²) in [6.45, 7) is 2.03. The zero-order chi connectivity index (χ0) is 11.5. The molecule has 0 aliphatic heterocycles. The van der Waals surface area contributed by atoms with Gasteiger partial charge in [-0.2, -0.15) is 0 Å². The largest absolute Gasteiger partial charge is 0.481 e. The number of rotatable bonds is 2. The molecule has 82 valence electrons. The van der Waals surface area contributed by atoms with Crippen molar-refractivity contribution in [2.75, 3.05) is 12.8 Å². The molecule has 0 saturated heterocycles. The molecule has 0 aliphatic rings. The van der Waals surface area contributed by atoms with Crippen LogP contribution in [0.25, 0.3) is 11.3 Å². The molecule has 1 aromatic heterocycles. The fraction of sp³-hybridized carbons (Fsp3) is 0.154. The third kappa shape index (κ3) is 1.98. The normalized spacial score (nSPS) is 10.1. The highest BCUT2D eigenvalue weighted by Gasteiger charge is 2.05. The lowest BCUT2D eigenvalue weighted by Gasteiger charge is -2.07. The number of hydrogen-bond donors (Lipinski definition) is 1. The Labute approximate surface area is 94.9 Å². The molecule has 0 aliphatic carbocycles. The molecule has 0 atom stereocenters. The van der Waals surface area contributed by atoms with Gasteiger partial charge in [0.25, 0.3) is 0 Å². The topological polar surface area (TPSA) is 48.1 Å². The summed E-state index contributed by atoms with van der Waals surface area (Å²) < 4.78 is 5.09. The Balaban J connectivity index is 2.53. The van der Waals surface area contributed by atoms with Crippen LogP contribution in [0.5, 0.6) is 5.88 Å². The fourth-order valence-electron chi connectivity index (χ4n) is 1.57. The van der Waals surface area contributed by atoms with Crippen molar-refractivity contribution in [3.05, 3.63) is 42.0 Å². The summed E-state index contributed by atoms with van der Waals surface area (Å²) in [5.74, 6) is 0.596. The van der Waals surface area contributed by atoms with E-state index >= 15 is 0 Å². The predicted molar refractivity (Wildman–Crippen MR) is 65.4 cm³/mol. The van der Waals surface area contributed by atoms with Crippen LogP contribution < -0.4 is 10.5 Å². The molecule has 0 saturated carbocycles. The third-order valence-corrected chi connectivity index (χ3v) is 2.42. The summed E-state index contributed by atoms with van der Waals surface area (Å²) in [7, 11) is 1.60. The van der Waals surface area contributed by atoms with E-state index in [1.165, 1.54) is 0 Å². The first kappa shape index (κ1) is 10.5. The zero-order valence-corrected chi connectivity index (χ0v) is 9.40. The van der Waals surface area contributed by atoms with E-state index in [1.807, 2.05) is 43.3 Å². The highest BCUT2D eigenvalue weighted by Crippen LogP contribution is 2.26. The molecule has 2 N–H and O–H groups in total. The van der Waals surface area contributed by atoms with E-state index in [0.29, 0.717) is 5.88 Å². The molecule has 0 unspecified atom stereocenters. The fourth-order valence-corrected chi connectivity index (χ4v) is 1.57. The number of aromatic nitrogens is 1. The number of anilines is 1. The van der Waals surface area contributed by atoms with Crippen molar-refractivity contribution in [2.24, 2.45) is 0 Å². The lowest BCUT2D eigenvalue weighted by Crippen LogP contribution is -1.94. The molecule has 0 radical (unpaired) electrons. The van der Waals surface area contributed by atoms with E-state index in [9.17, 15) is 0 Å². The molecule has 16 heavy (non-hydrogen) atoms. The molecule has 2 aromatic rings. The maximum Gasteiger partial charge on any atom is 0.213 e. The minimum Gasteiger partial charge on any atom is -0.481 e. The summed E-state index contributed by atoms with van der Waals surface area (Å²) in [6.07, 6.45) is 0. The van der Waals surface area contributed by atoms with Crippen LogP contribution in [-0.2, 0) is 0 Å². The molecule has 0 spiro atoms. The van der Waals surface area contributed by atoms with Crippen LogP contribution in [0, 0.1) is 6.92 Å². The lowest BCUT2D eigenvalue weighted by atomic mass is 10.1. The standard InChI is InChI=1S/C13H14N2O/c1-9-6-7-11(14)10(8-9)12-4-3-5-13(15-12)16-2/h3-8H,14H2,1-2H3. The van der Waals surface area contributed by atoms with Gasteiger partial charge in [0.1, 0.15) is 0 Å². The average Bonchev–Trinajstić information content (AvgIpc) is 2.32. The van der Waals surface area contributed by atoms with Gasteiger partial charge in [0.05, 0.1) is 12.8 Å². The molecule has 1 heterocycles. The predicted octanol–water partition coefficient (Wildman–Crippen LogP) is 2.65. The molecular weight excluding hydrogens is 200 g/mol. The number of ether oxygens (including phenoxy) is 1. The average molecular weight is 214 g/mol. The minimum absolute atomic E-state index is 0.596. The minimum atomic E-state index is 0.596. The van der Waals surface area contributed by atoms with Gasteiger partial charge in [0.15, 0.2) is 0 Å². The zero-order valence-electron chi connectivity index (χ0n) is 9.40. The van der Waals surface area contributed by atoms with E-state index in [-0.39, 0.29) is 0 Å². The van der Waals surface area contributed by atoms with Crippen LogP contribution in [-0.4, -0.2) is 12.1 Å². The van der Waals surface area contributed by atoms with Gasteiger partial charge < -0.3 is 10.5 Å². The number of nitrogen functional groups attached to an aromatic ring is 1. The second-order valence-corrected chi connectivity index (χ2v) is 3.66. The van der Waals surface area contributed by atoms with Crippen molar-refractivity contribution < 1.29 is 4.74 Å². The quantitative estimate of drug-likeness (QED) is 0.782. The number of pyridine rings is 1. The van der Waals surface area contributed by atoms with Gasteiger partial charge in [-0.05, 0) is 25.1 Å². The van der Waals surface area contributed by atoms with E-state index in [0.717, 1.165) is 22.5 Å². The van der Waals surface area contributed by atoms with Gasteiger partial charge >= 0.3 is 0 Å². The van der Waals surface area contributed by atoms with Gasteiger partial charge in [-0.25, -0.2) is 4.98 Å². The van der Waals surface area contributed by atoms with Crippen molar-refractivity contribution in [2.45, 2.75) is 6.92 Å². The Hall–Kier alpha value is -2.03. The summed E-state index contributed by atoms with van der Waals surface area (Å²) in [4.78, 5) is 4.36. The van der Waals surface area contributed by atoms with Crippen molar-refractivity contribution in [3.8, 4) is 17.1 Å². The molecule has 2 rings (SSSR count). The van der Waals surface area contributed by atoms with Gasteiger partial charge in [-0.15, -0.1) is 0 Å². The van der Waals surface area contributed by atoms with Crippen molar-refractivity contribution in [3.63, 3.8) is 0 Å². The number of aryl methyl sites for hydroxylation is 1. The van der Waals surface area contributed by atoms with Gasteiger partial charge in [0, 0.05) is 17.3 Å². The Kier molecular flexibility index (Phi) is 2.77. The molecule has 0 bridgehead atoms. The van der Waals surface area contributed by atoms with Gasteiger partial charge in [-0.1, -0.05) is 17.7 Å². The SMILES string of the molecule is COc1cccc(-c2cc(C)ccc2N)n1. The second kappa shape index (κ2) is 4.23. The number of methoxy groups -OCH3 is 1. The van der Waals surface area contributed by atoms with Crippen LogP contribution in [0.3, 0.4) is 0 Å². The summed E-state index contributed by atoms with van der Waals surface area (Å²) in [5, 5.41) is 0. The highest BCUT2D eigenvalue weighted by molar-refractivity contribution is 5.74. The molecule has 0 amide bonds. The van der Waals surface area contributed by atoms with Gasteiger partial charge in [-0.3, -0.25) is 0 Å². The van der Waals surface area contributed by atoms with Crippen molar-refractivity contribution >= 4 is 5.69 Å². The number of nitrogens with zero attached hydrogens (tertiary/aromatic N) is 1. The summed E-state index contributed by atoms with van der Waals surface area (Å²) in [6, 6.07) is 11.5.